The molecular formula is C21H26N2O2. The number of amides is 1. The number of hydrogen-bond acceptors (Lipinski definition) is 3. The Hall–Kier alpha value is -2.49. The maximum atomic E-state index is 12.5. The molecule has 0 bridgehead atoms. The van der Waals surface area contributed by atoms with E-state index in [1.165, 1.54) is 12.0 Å². The van der Waals surface area contributed by atoms with Gasteiger partial charge in [0.25, 0.3) is 0 Å². The van der Waals surface area contributed by atoms with Crippen LogP contribution in [-0.2, 0) is 4.79 Å². The Morgan fingerprint density at radius 1 is 0.960 bits per heavy atom. The van der Waals surface area contributed by atoms with Gasteiger partial charge in [-0.1, -0.05) is 17.7 Å². The first kappa shape index (κ1) is 17.3. The molecule has 4 heteroatoms. The number of nitrogens with zero attached hydrogens (tertiary/aromatic N) is 1. The van der Waals surface area contributed by atoms with Crippen LogP contribution in [0.1, 0.15) is 31.7 Å². The summed E-state index contributed by atoms with van der Waals surface area (Å²) in [4.78, 5) is 14.4. The smallest absolute Gasteiger partial charge is 0.244 e. The normalized spacial score (nSPS) is 15.5. The standard InChI is InChI=1S/C21H26N2O2/c1-16-6-10-19(11-7-16)25-20-12-8-18(9-13-20)22-17(2)21(24)23-14-4-3-5-15-23/h6-13,17,22H,3-5,14-15H2,1-2H3/t17-/m0/s1. The summed E-state index contributed by atoms with van der Waals surface area (Å²) in [5.74, 6) is 1.78. The van der Waals surface area contributed by atoms with Crippen LogP contribution in [0.5, 0.6) is 11.5 Å². The van der Waals surface area contributed by atoms with E-state index >= 15 is 0 Å². The number of hydrogen-bond donors (Lipinski definition) is 1. The number of ether oxygens (including phenoxy) is 1. The van der Waals surface area contributed by atoms with Gasteiger partial charge in [0.1, 0.15) is 17.5 Å². The third kappa shape index (κ3) is 4.75. The number of rotatable bonds is 5. The molecule has 0 saturated carbocycles. The topological polar surface area (TPSA) is 41.6 Å². The van der Waals surface area contributed by atoms with Gasteiger partial charge < -0.3 is 15.0 Å². The Morgan fingerprint density at radius 3 is 2.12 bits per heavy atom. The van der Waals surface area contributed by atoms with Crippen LogP contribution in [0.15, 0.2) is 48.5 Å². The van der Waals surface area contributed by atoms with Crippen molar-refractivity contribution >= 4 is 11.6 Å². The molecule has 25 heavy (non-hydrogen) atoms. The molecule has 2 aromatic rings. The van der Waals surface area contributed by atoms with Crippen molar-refractivity contribution in [3.63, 3.8) is 0 Å². The maximum absolute atomic E-state index is 12.5. The predicted octanol–water partition coefficient (Wildman–Crippen LogP) is 4.60. The summed E-state index contributed by atoms with van der Waals surface area (Å²) in [6.45, 7) is 5.74. The van der Waals surface area contributed by atoms with Gasteiger partial charge in [-0.2, -0.15) is 0 Å². The van der Waals surface area contributed by atoms with Crippen molar-refractivity contribution in [3.8, 4) is 11.5 Å². The fourth-order valence-corrected chi connectivity index (χ4v) is 3.06. The van der Waals surface area contributed by atoms with E-state index < -0.39 is 0 Å². The number of aryl methyl sites for hydroxylation is 1. The minimum atomic E-state index is -0.220. The van der Waals surface area contributed by atoms with E-state index in [-0.39, 0.29) is 11.9 Å². The molecule has 1 fully saturated rings. The van der Waals surface area contributed by atoms with Gasteiger partial charge in [-0.3, -0.25) is 4.79 Å². The highest BCUT2D eigenvalue weighted by Gasteiger charge is 2.21. The summed E-state index contributed by atoms with van der Waals surface area (Å²) < 4.78 is 5.83. The van der Waals surface area contributed by atoms with Crippen LogP contribution in [0, 0.1) is 6.92 Å². The minimum Gasteiger partial charge on any atom is -0.457 e. The Balaban J connectivity index is 1.56. The average molecular weight is 338 g/mol. The van der Waals surface area contributed by atoms with Gasteiger partial charge in [0.05, 0.1) is 0 Å². The van der Waals surface area contributed by atoms with Crippen molar-refractivity contribution in [2.24, 2.45) is 0 Å². The first-order chi connectivity index (χ1) is 12.1. The number of carbonyl (C=O) groups excluding carboxylic acids is 1. The summed E-state index contributed by atoms with van der Waals surface area (Å²) >= 11 is 0. The molecule has 0 radical (unpaired) electrons. The van der Waals surface area contributed by atoms with Crippen LogP contribution in [0.4, 0.5) is 5.69 Å². The molecule has 1 heterocycles. The summed E-state index contributed by atoms with van der Waals surface area (Å²) in [5.41, 5.74) is 2.13. The Bertz CT molecular complexity index is 689. The monoisotopic (exact) mass is 338 g/mol. The second-order valence-corrected chi connectivity index (χ2v) is 6.69. The molecule has 3 rings (SSSR count). The molecule has 1 saturated heterocycles. The summed E-state index contributed by atoms with van der Waals surface area (Å²) in [6, 6.07) is 15.5. The number of likely N-dealkylation sites (tertiary alicyclic amines) is 1. The molecule has 0 aromatic heterocycles. The fraction of sp³-hybridized carbons (Fsp3) is 0.381. The second kappa shape index (κ2) is 8.06. The van der Waals surface area contributed by atoms with Crippen molar-refractivity contribution in [1.29, 1.82) is 0 Å². The third-order valence-electron chi connectivity index (χ3n) is 4.53. The van der Waals surface area contributed by atoms with Crippen molar-refractivity contribution in [3.05, 3.63) is 54.1 Å². The number of piperidine rings is 1. The molecule has 1 aliphatic rings. The van der Waals surface area contributed by atoms with Crippen LogP contribution in [0.2, 0.25) is 0 Å². The molecule has 1 aliphatic heterocycles. The SMILES string of the molecule is Cc1ccc(Oc2ccc(N[C@@H](C)C(=O)N3CCCCC3)cc2)cc1. The van der Waals surface area contributed by atoms with Crippen molar-refractivity contribution in [2.45, 2.75) is 39.2 Å². The van der Waals surface area contributed by atoms with Gasteiger partial charge >= 0.3 is 0 Å². The predicted molar refractivity (Wildman–Crippen MR) is 101 cm³/mol. The largest absolute Gasteiger partial charge is 0.457 e. The Morgan fingerprint density at radius 2 is 1.52 bits per heavy atom. The van der Waals surface area contributed by atoms with Gasteiger partial charge in [-0.25, -0.2) is 0 Å². The zero-order valence-corrected chi connectivity index (χ0v) is 15.0. The van der Waals surface area contributed by atoms with Gasteiger partial charge in [0.2, 0.25) is 5.91 Å². The van der Waals surface area contributed by atoms with Crippen molar-refractivity contribution < 1.29 is 9.53 Å². The van der Waals surface area contributed by atoms with E-state index in [9.17, 15) is 4.79 Å². The van der Waals surface area contributed by atoms with Crippen molar-refractivity contribution in [2.75, 3.05) is 18.4 Å². The van der Waals surface area contributed by atoms with Crippen molar-refractivity contribution in [1.82, 2.24) is 4.90 Å². The van der Waals surface area contributed by atoms with E-state index in [1.807, 2.05) is 60.4 Å². The quantitative estimate of drug-likeness (QED) is 0.866. The lowest BCUT2D eigenvalue weighted by molar-refractivity contribution is -0.132. The van der Waals surface area contributed by atoms with Gasteiger partial charge in [0.15, 0.2) is 0 Å². The zero-order valence-electron chi connectivity index (χ0n) is 15.0. The van der Waals surface area contributed by atoms with E-state index in [2.05, 4.69) is 12.2 Å². The molecule has 2 aromatic carbocycles. The van der Waals surface area contributed by atoms with Gasteiger partial charge in [-0.05, 0) is 69.5 Å². The highest BCUT2D eigenvalue weighted by molar-refractivity contribution is 5.84. The first-order valence-corrected chi connectivity index (χ1v) is 9.02. The second-order valence-electron chi connectivity index (χ2n) is 6.69. The van der Waals surface area contributed by atoms with E-state index in [0.29, 0.717) is 0 Å². The fourth-order valence-electron chi connectivity index (χ4n) is 3.06. The minimum absolute atomic E-state index is 0.180. The maximum Gasteiger partial charge on any atom is 0.244 e. The highest BCUT2D eigenvalue weighted by Crippen LogP contribution is 2.23. The molecular weight excluding hydrogens is 312 g/mol. The number of carbonyl (C=O) groups is 1. The molecule has 0 aliphatic carbocycles. The van der Waals surface area contributed by atoms with Crippen LogP contribution < -0.4 is 10.1 Å². The van der Waals surface area contributed by atoms with E-state index in [0.717, 1.165) is 43.1 Å². The number of anilines is 1. The van der Waals surface area contributed by atoms with Gasteiger partial charge in [-0.15, -0.1) is 0 Å². The summed E-state index contributed by atoms with van der Waals surface area (Å²) in [5, 5.41) is 3.29. The van der Waals surface area contributed by atoms with Gasteiger partial charge in [0, 0.05) is 18.8 Å². The lowest BCUT2D eigenvalue weighted by Gasteiger charge is -2.29. The van der Waals surface area contributed by atoms with E-state index in [1.54, 1.807) is 0 Å². The lowest BCUT2D eigenvalue weighted by Crippen LogP contribution is -2.43. The van der Waals surface area contributed by atoms with Crippen LogP contribution in [0.25, 0.3) is 0 Å². The zero-order chi connectivity index (χ0) is 17.6. The molecule has 1 N–H and O–H groups in total. The molecule has 0 spiro atoms. The third-order valence-corrected chi connectivity index (χ3v) is 4.53. The van der Waals surface area contributed by atoms with E-state index in [4.69, 9.17) is 4.74 Å². The summed E-state index contributed by atoms with van der Waals surface area (Å²) in [6.07, 6.45) is 3.46. The average Bonchev–Trinajstić information content (AvgIpc) is 2.65. The first-order valence-electron chi connectivity index (χ1n) is 9.02. The molecule has 1 amide bonds. The van der Waals surface area contributed by atoms with Crippen LogP contribution in [0.3, 0.4) is 0 Å². The number of benzene rings is 2. The molecule has 132 valence electrons. The van der Waals surface area contributed by atoms with Crippen LogP contribution >= 0.6 is 0 Å². The molecule has 4 nitrogen and oxygen atoms in total. The Kier molecular flexibility index (Phi) is 5.59. The molecule has 1 atom stereocenters. The Labute approximate surface area is 149 Å². The molecule has 0 unspecified atom stereocenters. The number of nitrogens with one attached hydrogen (secondary N) is 1. The lowest BCUT2D eigenvalue weighted by atomic mass is 10.1. The highest BCUT2D eigenvalue weighted by atomic mass is 16.5. The summed E-state index contributed by atoms with van der Waals surface area (Å²) in [7, 11) is 0. The van der Waals surface area contributed by atoms with Crippen LogP contribution in [-0.4, -0.2) is 29.9 Å².